The fraction of sp³-hybridized carbons (Fsp3) is 0.0769. The highest BCUT2D eigenvalue weighted by Crippen LogP contribution is 2.35. The maximum atomic E-state index is 11.6. The first-order valence-corrected chi connectivity index (χ1v) is 8.47. The molecule has 0 atom stereocenters. The lowest BCUT2D eigenvalue weighted by molar-refractivity contribution is -0.385. The molecule has 134 valence electrons. The van der Waals surface area contributed by atoms with Crippen molar-refractivity contribution in [2.45, 2.75) is 5.16 Å². The Kier molecular flexibility index (Phi) is 4.71. The van der Waals surface area contributed by atoms with Crippen LogP contribution in [-0.2, 0) is 9.84 Å². The molecule has 4 N–H and O–H groups in total. The molecule has 13 heteroatoms. The Morgan fingerprint density at radius 3 is 2.54 bits per heavy atom. The van der Waals surface area contributed by atoms with Crippen molar-refractivity contribution in [3.63, 3.8) is 0 Å². The number of amides is 1. The molecule has 0 fully saturated rings. The van der Waals surface area contributed by atoms with Gasteiger partial charge < -0.3 is 16.2 Å². The molecule has 0 saturated heterocycles. The van der Waals surface area contributed by atoms with E-state index in [9.17, 15) is 23.3 Å². The third-order valence-electron chi connectivity index (χ3n) is 2.96. The summed E-state index contributed by atoms with van der Waals surface area (Å²) in [6.45, 7) is 0. The van der Waals surface area contributed by atoms with Gasteiger partial charge in [-0.3, -0.25) is 14.9 Å². The zero-order valence-corrected chi connectivity index (χ0v) is 13.8. The molecule has 0 unspecified atom stereocenters. The van der Waals surface area contributed by atoms with Crippen molar-refractivity contribution in [2.75, 3.05) is 12.0 Å². The number of carbonyl (C=O) groups excluding carboxylic acids is 1. The van der Waals surface area contributed by atoms with Gasteiger partial charge in [-0.15, -0.1) is 0 Å². The van der Waals surface area contributed by atoms with Gasteiger partial charge in [0.2, 0.25) is 15.7 Å². The number of primary amides is 1. The molecule has 0 spiro atoms. The molecule has 12 nitrogen and oxygen atoms in total. The molecule has 1 amide bonds. The fourth-order valence-electron chi connectivity index (χ4n) is 1.82. The van der Waals surface area contributed by atoms with E-state index >= 15 is 0 Å². The summed E-state index contributed by atoms with van der Waals surface area (Å²) >= 11 is 0. The predicted molar refractivity (Wildman–Crippen MR) is 86.0 cm³/mol. The first-order chi connectivity index (χ1) is 12.0. The normalized spacial score (nSPS) is 10.8. The van der Waals surface area contributed by atoms with Gasteiger partial charge in [-0.25, -0.2) is 8.42 Å². The van der Waals surface area contributed by atoms with E-state index in [-0.39, 0.29) is 16.9 Å². The number of nitrogens with two attached hydrogens (primary N) is 2. The molecule has 1 aromatic carbocycles. The average Bonchev–Trinajstić information content (AvgIpc) is 2.52. The Hall–Kier alpha value is -3.79. The highest BCUT2D eigenvalue weighted by molar-refractivity contribution is 7.90. The summed E-state index contributed by atoms with van der Waals surface area (Å²) in [6.07, 6.45) is 0.766. The molecular weight excluding hydrogens is 368 g/mol. The van der Waals surface area contributed by atoms with E-state index < -0.39 is 43.2 Å². The first kappa shape index (κ1) is 18.5. The molecular formula is C13H10N6O6S. The van der Waals surface area contributed by atoms with Crippen LogP contribution in [0.4, 0.5) is 11.5 Å². The number of ether oxygens (including phenoxy) is 1. The Labute approximate surface area is 146 Å². The number of hydrogen-bond acceptors (Lipinski definition) is 10. The Morgan fingerprint density at radius 2 is 2.04 bits per heavy atom. The van der Waals surface area contributed by atoms with Crippen LogP contribution in [0.1, 0.15) is 15.9 Å². The number of carbonyl (C=O) groups is 1. The summed E-state index contributed by atoms with van der Waals surface area (Å²) in [5.74, 6) is -2.85. The number of aromatic nitrogens is 2. The second-order valence-electron chi connectivity index (χ2n) is 4.86. The highest BCUT2D eigenvalue weighted by Gasteiger charge is 2.29. The number of nitro groups is 1. The van der Waals surface area contributed by atoms with Crippen LogP contribution in [0.3, 0.4) is 0 Å². The van der Waals surface area contributed by atoms with Crippen LogP contribution in [0.15, 0.2) is 23.4 Å². The molecule has 0 aliphatic carbocycles. The van der Waals surface area contributed by atoms with Gasteiger partial charge in [0, 0.05) is 6.26 Å². The fourth-order valence-corrected chi connectivity index (χ4v) is 2.34. The molecule has 26 heavy (non-hydrogen) atoms. The molecule has 0 bridgehead atoms. The van der Waals surface area contributed by atoms with Crippen LogP contribution in [0.2, 0.25) is 0 Å². The number of benzene rings is 1. The predicted octanol–water partition coefficient (Wildman–Crippen LogP) is 0.133. The second kappa shape index (κ2) is 6.61. The van der Waals surface area contributed by atoms with Crippen LogP contribution >= 0.6 is 0 Å². The van der Waals surface area contributed by atoms with E-state index in [4.69, 9.17) is 21.5 Å². The van der Waals surface area contributed by atoms with Gasteiger partial charge >= 0.3 is 11.6 Å². The van der Waals surface area contributed by atoms with Crippen LogP contribution in [-0.4, -0.2) is 35.5 Å². The van der Waals surface area contributed by atoms with E-state index in [1.54, 1.807) is 6.07 Å². The smallest absolute Gasteiger partial charge is 0.373 e. The third-order valence-corrected chi connectivity index (χ3v) is 3.80. The zero-order valence-electron chi connectivity index (χ0n) is 13.0. The van der Waals surface area contributed by atoms with Crippen LogP contribution in [0, 0.1) is 21.4 Å². The van der Waals surface area contributed by atoms with Gasteiger partial charge in [-0.2, -0.15) is 15.2 Å². The minimum absolute atomic E-state index is 0.0537. The molecule has 1 heterocycles. The minimum atomic E-state index is -3.97. The van der Waals surface area contributed by atoms with E-state index in [1.807, 2.05) is 0 Å². The standard InChI is InChI=1S/C13H10N6O6S/c1-26(23,24)13-17-10(15)9(19(21)22)12(18-13)25-8-4-6(5-14)2-3-7(8)11(16)20/h2-4H,1H3,(H2,16,20)(H2,15,17,18). The summed E-state index contributed by atoms with van der Waals surface area (Å²) in [7, 11) is -3.97. The number of nitriles is 1. The van der Waals surface area contributed by atoms with E-state index in [1.165, 1.54) is 12.1 Å². The van der Waals surface area contributed by atoms with Crippen molar-refractivity contribution < 1.29 is 22.9 Å². The van der Waals surface area contributed by atoms with E-state index in [0.717, 1.165) is 12.3 Å². The lowest BCUT2D eigenvalue weighted by Gasteiger charge is -2.10. The largest absolute Gasteiger partial charge is 0.433 e. The van der Waals surface area contributed by atoms with Gasteiger partial charge in [0.1, 0.15) is 5.75 Å². The summed E-state index contributed by atoms with van der Waals surface area (Å²) in [5.41, 5.74) is 9.58. The van der Waals surface area contributed by atoms with Crippen molar-refractivity contribution in [2.24, 2.45) is 5.73 Å². The minimum Gasteiger partial charge on any atom is -0.433 e. The van der Waals surface area contributed by atoms with E-state index in [0.29, 0.717) is 0 Å². The Morgan fingerprint density at radius 1 is 1.38 bits per heavy atom. The van der Waals surface area contributed by atoms with Gasteiger partial charge in [-0.1, -0.05) is 0 Å². The van der Waals surface area contributed by atoms with Crippen LogP contribution < -0.4 is 16.2 Å². The molecule has 1 aromatic heterocycles. The van der Waals surface area contributed by atoms with Crippen LogP contribution in [0.5, 0.6) is 11.6 Å². The Balaban J connectivity index is 2.73. The lowest BCUT2D eigenvalue weighted by Crippen LogP contribution is -2.14. The SMILES string of the molecule is CS(=O)(=O)c1nc(N)c([N+](=O)[O-])c(Oc2cc(C#N)ccc2C(N)=O)n1. The lowest BCUT2D eigenvalue weighted by atomic mass is 10.1. The molecule has 0 aliphatic heterocycles. The van der Waals surface area contributed by atoms with Crippen molar-refractivity contribution in [1.82, 2.24) is 9.97 Å². The maximum absolute atomic E-state index is 11.6. The van der Waals surface area contributed by atoms with E-state index in [2.05, 4.69) is 9.97 Å². The van der Waals surface area contributed by atoms with Crippen molar-refractivity contribution >= 4 is 27.2 Å². The van der Waals surface area contributed by atoms with Gasteiger partial charge in [0.25, 0.3) is 11.1 Å². The summed E-state index contributed by atoms with van der Waals surface area (Å²) < 4.78 is 28.5. The second-order valence-corrected chi connectivity index (χ2v) is 6.77. The highest BCUT2D eigenvalue weighted by atomic mass is 32.2. The quantitative estimate of drug-likeness (QED) is 0.408. The number of nitrogen functional groups attached to an aromatic ring is 1. The third kappa shape index (κ3) is 3.65. The summed E-state index contributed by atoms with van der Waals surface area (Å²) in [4.78, 5) is 28.6. The molecule has 0 radical (unpaired) electrons. The van der Waals surface area contributed by atoms with Gasteiger partial charge in [0.15, 0.2) is 0 Å². The van der Waals surface area contributed by atoms with Gasteiger partial charge in [-0.05, 0) is 18.2 Å². The first-order valence-electron chi connectivity index (χ1n) is 6.58. The van der Waals surface area contributed by atoms with Crippen molar-refractivity contribution in [3.8, 4) is 17.7 Å². The molecule has 2 rings (SSSR count). The van der Waals surface area contributed by atoms with Crippen LogP contribution in [0.25, 0.3) is 0 Å². The van der Waals surface area contributed by atoms with Crippen molar-refractivity contribution in [3.05, 3.63) is 39.4 Å². The zero-order chi connectivity index (χ0) is 19.6. The molecule has 0 saturated carbocycles. The molecule has 0 aliphatic rings. The maximum Gasteiger partial charge on any atom is 0.373 e. The van der Waals surface area contributed by atoms with Gasteiger partial charge in [0.05, 0.1) is 22.1 Å². The monoisotopic (exact) mass is 378 g/mol. The summed E-state index contributed by atoms with van der Waals surface area (Å²) in [6, 6.07) is 5.32. The summed E-state index contributed by atoms with van der Waals surface area (Å²) in [5, 5.41) is 19.3. The average molecular weight is 378 g/mol. The number of anilines is 1. The number of sulfone groups is 1. The topological polar surface area (TPSA) is 205 Å². The van der Waals surface area contributed by atoms with Crippen molar-refractivity contribution in [1.29, 1.82) is 5.26 Å². The number of rotatable bonds is 5. The number of nitrogens with zero attached hydrogens (tertiary/aromatic N) is 4. The Bertz CT molecular complexity index is 1080. The molecule has 2 aromatic rings. The number of hydrogen-bond donors (Lipinski definition) is 2.